The van der Waals surface area contributed by atoms with Crippen LogP contribution in [0, 0.1) is 5.92 Å². The number of benzene rings is 2. The summed E-state index contributed by atoms with van der Waals surface area (Å²) in [7, 11) is 0. The number of nitrogens with two attached hydrogens (primary N) is 1. The molecular formula is C21H23N3O3S. The van der Waals surface area contributed by atoms with E-state index in [0.717, 1.165) is 23.4 Å². The molecule has 3 rings (SSSR count). The summed E-state index contributed by atoms with van der Waals surface area (Å²) in [5, 5.41) is 5.37. The van der Waals surface area contributed by atoms with E-state index in [2.05, 4.69) is 10.6 Å². The molecule has 0 spiro atoms. The fraction of sp³-hybridized carbons (Fsp3) is 0.286. The predicted molar refractivity (Wildman–Crippen MR) is 111 cm³/mol. The summed E-state index contributed by atoms with van der Waals surface area (Å²) in [4.78, 5) is 37.1. The van der Waals surface area contributed by atoms with E-state index >= 15 is 0 Å². The molecule has 0 heterocycles. The molecule has 1 aliphatic carbocycles. The van der Waals surface area contributed by atoms with Crippen LogP contribution in [0.25, 0.3) is 0 Å². The molecule has 6 nitrogen and oxygen atoms in total. The van der Waals surface area contributed by atoms with Crippen LogP contribution in [0.5, 0.6) is 0 Å². The van der Waals surface area contributed by atoms with Crippen molar-refractivity contribution >= 4 is 40.9 Å². The Balaban J connectivity index is 1.67. The zero-order chi connectivity index (χ0) is 20.1. The van der Waals surface area contributed by atoms with Gasteiger partial charge >= 0.3 is 0 Å². The van der Waals surface area contributed by atoms with E-state index in [4.69, 9.17) is 5.73 Å². The Morgan fingerprint density at radius 2 is 1.86 bits per heavy atom. The van der Waals surface area contributed by atoms with E-state index in [1.807, 2.05) is 31.2 Å². The van der Waals surface area contributed by atoms with E-state index in [-0.39, 0.29) is 28.5 Å². The molecule has 0 radical (unpaired) electrons. The number of carbonyl (C=O) groups is 3. The number of rotatable bonds is 8. The van der Waals surface area contributed by atoms with Gasteiger partial charge in [-0.15, -0.1) is 11.8 Å². The monoisotopic (exact) mass is 397 g/mol. The van der Waals surface area contributed by atoms with Gasteiger partial charge in [0.15, 0.2) is 0 Å². The molecule has 0 aliphatic heterocycles. The first kappa shape index (κ1) is 19.9. The quantitative estimate of drug-likeness (QED) is 0.592. The molecule has 2 aromatic carbocycles. The number of amides is 3. The van der Waals surface area contributed by atoms with Crippen LogP contribution in [-0.2, 0) is 9.59 Å². The molecule has 1 atom stereocenters. The molecule has 1 saturated carbocycles. The summed E-state index contributed by atoms with van der Waals surface area (Å²) >= 11 is 1.42. The summed E-state index contributed by atoms with van der Waals surface area (Å²) in [6.45, 7) is 1.93. The van der Waals surface area contributed by atoms with Crippen LogP contribution in [-0.4, -0.2) is 23.0 Å². The average molecular weight is 398 g/mol. The minimum atomic E-state index is -0.587. The lowest BCUT2D eigenvalue weighted by Crippen LogP contribution is -2.26. The molecule has 1 aliphatic rings. The van der Waals surface area contributed by atoms with E-state index in [1.165, 1.54) is 11.8 Å². The Bertz CT molecular complexity index is 896. The van der Waals surface area contributed by atoms with E-state index in [9.17, 15) is 14.4 Å². The van der Waals surface area contributed by atoms with Gasteiger partial charge in [0.25, 0.3) is 5.91 Å². The van der Waals surface area contributed by atoms with Crippen molar-refractivity contribution in [3.05, 3.63) is 54.1 Å². The van der Waals surface area contributed by atoms with Gasteiger partial charge in [0, 0.05) is 16.5 Å². The largest absolute Gasteiger partial charge is 0.366 e. The molecule has 0 bridgehead atoms. The number of carbonyl (C=O) groups excluding carboxylic acids is 3. The maximum Gasteiger partial charge on any atom is 0.250 e. The van der Waals surface area contributed by atoms with Crippen LogP contribution < -0.4 is 16.4 Å². The number of hydrogen-bond donors (Lipinski definition) is 3. The van der Waals surface area contributed by atoms with Crippen LogP contribution in [0.4, 0.5) is 11.4 Å². The molecule has 0 saturated heterocycles. The van der Waals surface area contributed by atoms with Crippen molar-refractivity contribution in [2.75, 3.05) is 10.6 Å². The Hall–Kier alpha value is -2.80. The number of anilines is 2. The lowest BCUT2D eigenvalue weighted by molar-refractivity contribution is -0.117. The number of nitrogens with one attached hydrogen (secondary N) is 2. The van der Waals surface area contributed by atoms with Crippen LogP contribution >= 0.6 is 11.8 Å². The molecule has 1 unspecified atom stereocenters. The minimum Gasteiger partial charge on any atom is -0.366 e. The Labute approximate surface area is 168 Å². The highest BCUT2D eigenvalue weighted by Crippen LogP contribution is 2.32. The summed E-state index contributed by atoms with van der Waals surface area (Å²) in [6, 6.07) is 14.2. The molecule has 0 aromatic heterocycles. The Morgan fingerprint density at radius 3 is 2.54 bits per heavy atom. The number of primary amides is 1. The third kappa shape index (κ3) is 5.13. The number of para-hydroxylation sites is 1. The maximum absolute atomic E-state index is 12.7. The van der Waals surface area contributed by atoms with Crippen molar-refractivity contribution in [2.24, 2.45) is 11.7 Å². The highest BCUT2D eigenvalue weighted by Gasteiger charge is 2.29. The molecule has 1 fully saturated rings. The van der Waals surface area contributed by atoms with Crippen molar-refractivity contribution in [1.82, 2.24) is 0 Å². The van der Waals surface area contributed by atoms with E-state index in [1.54, 1.807) is 24.3 Å². The van der Waals surface area contributed by atoms with E-state index in [0.29, 0.717) is 12.1 Å². The van der Waals surface area contributed by atoms with Crippen LogP contribution in [0.1, 0.15) is 36.5 Å². The zero-order valence-electron chi connectivity index (χ0n) is 15.6. The second-order valence-electron chi connectivity index (χ2n) is 6.71. The van der Waals surface area contributed by atoms with Crippen LogP contribution in [0.15, 0.2) is 53.4 Å². The van der Waals surface area contributed by atoms with Gasteiger partial charge in [-0.05, 0) is 49.6 Å². The van der Waals surface area contributed by atoms with Gasteiger partial charge in [0.2, 0.25) is 11.8 Å². The normalized spacial score (nSPS) is 14.2. The SMILES string of the molecule is CCC(Sc1cccc(NC(=O)C2CC2)c1)C(=O)Nc1ccccc1C(N)=O. The predicted octanol–water partition coefficient (Wildman–Crippen LogP) is 3.64. The summed E-state index contributed by atoms with van der Waals surface area (Å²) in [5.74, 6) is -0.602. The maximum atomic E-state index is 12.7. The third-order valence-electron chi connectivity index (χ3n) is 4.44. The summed E-state index contributed by atoms with van der Waals surface area (Å²) in [5.41, 5.74) is 6.79. The smallest absolute Gasteiger partial charge is 0.250 e. The molecule has 28 heavy (non-hydrogen) atoms. The number of thioether (sulfide) groups is 1. The lowest BCUT2D eigenvalue weighted by Gasteiger charge is -2.16. The fourth-order valence-electron chi connectivity index (χ4n) is 2.74. The van der Waals surface area contributed by atoms with Gasteiger partial charge in [-0.25, -0.2) is 0 Å². The molecular weight excluding hydrogens is 374 g/mol. The van der Waals surface area contributed by atoms with Gasteiger partial charge in [0.05, 0.1) is 16.5 Å². The average Bonchev–Trinajstić information content (AvgIpc) is 3.52. The van der Waals surface area contributed by atoms with Gasteiger partial charge in [-0.2, -0.15) is 0 Å². The minimum absolute atomic E-state index is 0.0509. The summed E-state index contributed by atoms with van der Waals surface area (Å²) in [6.07, 6.45) is 2.50. The molecule has 7 heteroatoms. The van der Waals surface area contributed by atoms with Crippen LogP contribution in [0.2, 0.25) is 0 Å². The van der Waals surface area contributed by atoms with Gasteiger partial charge in [-0.3, -0.25) is 14.4 Å². The van der Waals surface area contributed by atoms with E-state index < -0.39 is 5.91 Å². The molecule has 146 valence electrons. The molecule has 4 N–H and O–H groups in total. The third-order valence-corrected chi connectivity index (χ3v) is 5.80. The Morgan fingerprint density at radius 1 is 1.11 bits per heavy atom. The Kier molecular flexibility index (Phi) is 6.36. The number of hydrogen-bond acceptors (Lipinski definition) is 4. The molecule has 3 amide bonds. The second kappa shape index (κ2) is 8.93. The highest BCUT2D eigenvalue weighted by molar-refractivity contribution is 8.00. The standard InChI is InChI=1S/C21H23N3O3S/c1-2-18(21(27)24-17-9-4-3-8-16(17)19(22)25)28-15-7-5-6-14(12-15)23-20(26)13-10-11-13/h3-9,12-13,18H,2,10-11H2,1H3,(H2,22,25)(H,23,26)(H,24,27). The van der Waals surface area contributed by atoms with Crippen molar-refractivity contribution < 1.29 is 14.4 Å². The van der Waals surface area contributed by atoms with Gasteiger partial charge < -0.3 is 16.4 Å². The van der Waals surface area contributed by atoms with Crippen molar-refractivity contribution in [3.8, 4) is 0 Å². The second-order valence-corrected chi connectivity index (χ2v) is 7.98. The van der Waals surface area contributed by atoms with Crippen molar-refractivity contribution in [1.29, 1.82) is 0 Å². The molecule has 2 aromatic rings. The van der Waals surface area contributed by atoms with Crippen molar-refractivity contribution in [3.63, 3.8) is 0 Å². The highest BCUT2D eigenvalue weighted by atomic mass is 32.2. The topological polar surface area (TPSA) is 101 Å². The van der Waals surface area contributed by atoms with Crippen LogP contribution in [0.3, 0.4) is 0 Å². The first-order valence-corrected chi connectivity index (χ1v) is 10.1. The van der Waals surface area contributed by atoms with Gasteiger partial charge in [0.1, 0.15) is 0 Å². The fourth-order valence-corrected chi connectivity index (χ4v) is 3.76. The lowest BCUT2D eigenvalue weighted by atomic mass is 10.1. The zero-order valence-corrected chi connectivity index (χ0v) is 16.4. The van der Waals surface area contributed by atoms with Crippen molar-refractivity contribution in [2.45, 2.75) is 36.3 Å². The summed E-state index contributed by atoms with van der Waals surface area (Å²) < 4.78 is 0. The van der Waals surface area contributed by atoms with Gasteiger partial charge in [-0.1, -0.05) is 25.1 Å². The first-order chi connectivity index (χ1) is 13.5. The first-order valence-electron chi connectivity index (χ1n) is 9.25.